The van der Waals surface area contributed by atoms with Crippen LogP contribution in [0, 0.1) is 5.82 Å². The number of hydrogen-bond acceptors (Lipinski definition) is 5. The van der Waals surface area contributed by atoms with Crippen molar-refractivity contribution in [3.63, 3.8) is 0 Å². The maximum atomic E-state index is 14.3. The van der Waals surface area contributed by atoms with Crippen molar-refractivity contribution in [2.24, 2.45) is 0 Å². The third kappa shape index (κ3) is 3.80. The number of nitrogen functional groups attached to an aromatic ring is 1. The molecule has 1 aromatic rings. The van der Waals surface area contributed by atoms with Crippen LogP contribution in [0.4, 0.5) is 15.8 Å². The van der Waals surface area contributed by atoms with E-state index in [1.165, 1.54) is 25.3 Å². The molecule has 0 aliphatic heterocycles. The quantitative estimate of drug-likeness (QED) is 0.333. The average Bonchev–Trinajstić information content (AvgIpc) is 2.45. The first kappa shape index (κ1) is 17.1. The van der Waals surface area contributed by atoms with Crippen molar-refractivity contribution in [1.29, 1.82) is 0 Å². The van der Waals surface area contributed by atoms with Crippen molar-refractivity contribution in [1.82, 2.24) is 0 Å². The highest BCUT2D eigenvalue weighted by Crippen LogP contribution is 2.33. The van der Waals surface area contributed by atoms with Crippen LogP contribution < -0.4 is 11.1 Å². The summed E-state index contributed by atoms with van der Waals surface area (Å²) in [6.07, 6.45) is 2.91. The standard InChI is InChI=1S/C14H14ClFN2O2S/c1-4-5-9(7(2)15)18-13-8(14(19)20-3)6-10(21)12(17)11(13)16/h4-6,18,21H,1-2,17H2,3H3/b9-5+. The highest BCUT2D eigenvalue weighted by molar-refractivity contribution is 7.80. The molecular weight excluding hydrogens is 315 g/mol. The van der Waals surface area contributed by atoms with Crippen LogP contribution in [0.5, 0.6) is 0 Å². The Labute approximate surface area is 132 Å². The number of carbonyl (C=O) groups excluding carboxylic acids is 1. The molecule has 0 unspecified atom stereocenters. The number of esters is 1. The van der Waals surface area contributed by atoms with Crippen molar-refractivity contribution in [2.45, 2.75) is 4.90 Å². The Morgan fingerprint density at radius 2 is 2.24 bits per heavy atom. The van der Waals surface area contributed by atoms with E-state index in [0.717, 1.165) is 0 Å². The molecule has 0 amide bonds. The van der Waals surface area contributed by atoms with Gasteiger partial charge in [0.25, 0.3) is 0 Å². The summed E-state index contributed by atoms with van der Waals surface area (Å²) >= 11 is 9.82. The first-order valence-corrected chi connectivity index (χ1v) is 6.49. The smallest absolute Gasteiger partial charge is 0.340 e. The van der Waals surface area contributed by atoms with Crippen LogP contribution in [0.2, 0.25) is 0 Å². The lowest BCUT2D eigenvalue weighted by atomic mass is 10.1. The van der Waals surface area contributed by atoms with Gasteiger partial charge < -0.3 is 15.8 Å². The number of thiol groups is 1. The minimum atomic E-state index is -0.837. The second kappa shape index (κ2) is 7.19. The molecular formula is C14H14ClFN2O2S. The number of nitrogens with one attached hydrogen (secondary N) is 1. The van der Waals surface area contributed by atoms with E-state index in [1.807, 2.05) is 0 Å². The van der Waals surface area contributed by atoms with Gasteiger partial charge >= 0.3 is 5.97 Å². The van der Waals surface area contributed by atoms with E-state index in [9.17, 15) is 9.18 Å². The lowest BCUT2D eigenvalue weighted by molar-refractivity contribution is 0.0601. The molecule has 0 fully saturated rings. The topological polar surface area (TPSA) is 64.3 Å². The largest absolute Gasteiger partial charge is 0.465 e. The maximum Gasteiger partial charge on any atom is 0.340 e. The molecule has 112 valence electrons. The van der Waals surface area contributed by atoms with Gasteiger partial charge in [-0.05, 0) is 12.1 Å². The Balaban J connectivity index is 3.49. The fourth-order valence-electron chi connectivity index (χ4n) is 1.50. The zero-order valence-corrected chi connectivity index (χ0v) is 12.9. The van der Waals surface area contributed by atoms with Gasteiger partial charge in [-0.3, -0.25) is 0 Å². The molecule has 4 nitrogen and oxygen atoms in total. The van der Waals surface area contributed by atoms with Gasteiger partial charge in [-0.15, -0.1) is 12.6 Å². The van der Waals surface area contributed by atoms with Gasteiger partial charge in [0.2, 0.25) is 0 Å². The predicted molar refractivity (Wildman–Crippen MR) is 86.3 cm³/mol. The number of hydrogen-bond donors (Lipinski definition) is 3. The summed E-state index contributed by atoms with van der Waals surface area (Å²) in [6.45, 7) is 7.05. The average molecular weight is 329 g/mol. The van der Waals surface area contributed by atoms with E-state index in [-0.39, 0.29) is 32.6 Å². The number of allylic oxidation sites excluding steroid dienone is 3. The molecule has 0 aliphatic carbocycles. The Kier molecular flexibility index (Phi) is 5.87. The van der Waals surface area contributed by atoms with Gasteiger partial charge in [0.1, 0.15) is 0 Å². The van der Waals surface area contributed by atoms with E-state index in [2.05, 4.69) is 35.8 Å². The summed E-state index contributed by atoms with van der Waals surface area (Å²) in [5.74, 6) is -1.58. The van der Waals surface area contributed by atoms with E-state index in [0.29, 0.717) is 0 Å². The van der Waals surface area contributed by atoms with Gasteiger partial charge in [-0.25, -0.2) is 9.18 Å². The van der Waals surface area contributed by atoms with Gasteiger partial charge in [0, 0.05) is 4.90 Å². The molecule has 0 aromatic heterocycles. The van der Waals surface area contributed by atoms with E-state index in [4.69, 9.17) is 17.3 Å². The van der Waals surface area contributed by atoms with Crippen LogP contribution in [0.15, 0.2) is 47.0 Å². The zero-order valence-electron chi connectivity index (χ0n) is 11.2. The Morgan fingerprint density at radius 3 is 2.71 bits per heavy atom. The van der Waals surface area contributed by atoms with E-state index < -0.39 is 11.8 Å². The Morgan fingerprint density at radius 1 is 1.62 bits per heavy atom. The second-order valence-electron chi connectivity index (χ2n) is 3.88. The van der Waals surface area contributed by atoms with Crippen molar-refractivity contribution in [3.8, 4) is 0 Å². The SMILES string of the molecule is C=C/C=C(/Nc1c(C(=O)OC)cc(S)c(N)c1F)C(=C)Cl. The van der Waals surface area contributed by atoms with Gasteiger partial charge in [-0.2, -0.15) is 0 Å². The van der Waals surface area contributed by atoms with Gasteiger partial charge in [0.05, 0.1) is 34.8 Å². The third-order valence-corrected chi connectivity index (χ3v) is 3.10. The summed E-state index contributed by atoms with van der Waals surface area (Å²) < 4.78 is 18.9. The molecule has 1 rings (SSSR count). The van der Waals surface area contributed by atoms with Crippen LogP contribution in [0.25, 0.3) is 0 Å². The highest BCUT2D eigenvalue weighted by atomic mass is 35.5. The van der Waals surface area contributed by atoms with Crippen LogP contribution in [0.3, 0.4) is 0 Å². The fraction of sp³-hybridized carbons (Fsp3) is 0.0714. The minimum Gasteiger partial charge on any atom is -0.465 e. The van der Waals surface area contributed by atoms with Crippen molar-refractivity contribution in [3.05, 3.63) is 53.5 Å². The molecule has 0 spiro atoms. The molecule has 0 aliphatic rings. The van der Waals surface area contributed by atoms with E-state index in [1.54, 1.807) is 0 Å². The maximum absolute atomic E-state index is 14.3. The highest BCUT2D eigenvalue weighted by Gasteiger charge is 2.21. The van der Waals surface area contributed by atoms with E-state index >= 15 is 0 Å². The Hall–Kier alpha value is -1.92. The van der Waals surface area contributed by atoms with Crippen LogP contribution in [0.1, 0.15) is 10.4 Å². The minimum absolute atomic E-state index is 0.0675. The summed E-state index contributed by atoms with van der Waals surface area (Å²) in [5.41, 5.74) is 5.40. The second-order valence-corrected chi connectivity index (χ2v) is 4.82. The zero-order chi connectivity index (χ0) is 16.2. The molecule has 3 N–H and O–H groups in total. The number of halogens is 2. The number of benzene rings is 1. The predicted octanol–water partition coefficient (Wildman–Crippen LogP) is 3.72. The lowest BCUT2D eigenvalue weighted by Crippen LogP contribution is -2.12. The number of carbonyl (C=O) groups is 1. The monoisotopic (exact) mass is 328 g/mol. The summed E-state index contributed by atoms with van der Waals surface area (Å²) in [5, 5.41) is 2.78. The lowest BCUT2D eigenvalue weighted by Gasteiger charge is -2.16. The molecule has 0 radical (unpaired) electrons. The summed E-state index contributed by atoms with van der Waals surface area (Å²) in [6, 6.07) is 1.30. The molecule has 0 atom stereocenters. The van der Waals surface area contributed by atoms with Crippen LogP contribution in [-0.2, 0) is 4.74 Å². The van der Waals surface area contributed by atoms with Crippen molar-refractivity contribution in [2.75, 3.05) is 18.2 Å². The van der Waals surface area contributed by atoms with Crippen LogP contribution >= 0.6 is 24.2 Å². The molecule has 1 aromatic carbocycles. The number of methoxy groups -OCH3 is 1. The summed E-state index contributed by atoms with van der Waals surface area (Å²) in [4.78, 5) is 11.9. The summed E-state index contributed by atoms with van der Waals surface area (Å²) in [7, 11) is 1.18. The number of anilines is 2. The van der Waals surface area contributed by atoms with Crippen LogP contribution in [-0.4, -0.2) is 13.1 Å². The Bertz CT molecular complexity index is 644. The first-order chi connectivity index (χ1) is 9.83. The normalized spacial score (nSPS) is 11.0. The van der Waals surface area contributed by atoms with Crippen molar-refractivity contribution < 1.29 is 13.9 Å². The fourth-order valence-corrected chi connectivity index (χ4v) is 1.84. The molecule has 7 heteroatoms. The molecule has 0 saturated heterocycles. The molecule has 21 heavy (non-hydrogen) atoms. The number of ether oxygens (including phenoxy) is 1. The third-order valence-electron chi connectivity index (χ3n) is 2.52. The molecule has 0 bridgehead atoms. The molecule has 0 saturated carbocycles. The van der Waals surface area contributed by atoms with Gasteiger partial charge in [-0.1, -0.05) is 30.8 Å². The number of nitrogens with two attached hydrogens (primary N) is 1. The van der Waals surface area contributed by atoms with Crippen molar-refractivity contribution >= 4 is 41.6 Å². The number of rotatable bonds is 5. The molecule has 0 heterocycles. The van der Waals surface area contributed by atoms with Gasteiger partial charge in [0.15, 0.2) is 5.82 Å². The first-order valence-electron chi connectivity index (χ1n) is 5.67.